The minimum absolute atomic E-state index is 0.0182. The zero-order valence-corrected chi connectivity index (χ0v) is 38.0. The Balaban J connectivity index is 2.08. The van der Waals surface area contributed by atoms with Gasteiger partial charge < -0.3 is 34.6 Å². The van der Waals surface area contributed by atoms with Gasteiger partial charge in [-0.2, -0.15) is 0 Å². The Kier molecular flexibility index (Phi) is 17.4. The van der Waals surface area contributed by atoms with Gasteiger partial charge in [-0.1, -0.05) is 73.1 Å². The van der Waals surface area contributed by atoms with Gasteiger partial charge in [0, 0.05) is 44.8 Å². The molecule has 3 rings (SSSR count). The van der Waals surface area contributed by atoms with E-state index >= 15 is 0 Å². The molecule has 2 aliphatic rings. The molecule has 0 saturated heterocycles. The third kappa shape index (κ3) is 12.3. The van der Waals surface area contributed by atoms with Crippen LogP contribution in [0.15, 0.2) is 40.9 Å². The fourth-order valence-corrected chi connectivity index (χ4v) is 8.38. The Bertz CT molecular complexity index is 1680. The van der Waals surface area contributed by atoms with Crippen LogP contribution in [0.2, 0.25) is 0 Å². The van der Waals surface area contributed by atoms with Gasteiger partial charge in [0.1, 0.15) is 36.0 Å². The summed E-state index contributed by atoms with van der Waals surface area (Å²) in [5.74, 6) is -1.72. The molecule has 0 saturated carbocycles. The number of hydrogen-bond donors (Lipinski definition) is 2. The molecule has 0 spiro atoms. The lowest BCUT2D eigenvalue weighted by Crippen LogP contribution is -2.59. The van der Waals surface area contributed by atoms with E-state index in [0.717, 1.165) is 10.6 Å². The molecule has 4 amide bonds. The number of aliphatic hydroxyl groups excluding tert-OH is 1. The molecule has 14 heteroatoms. The van der Waals surface area contributed by atoms with Crippen LogP contribution >= 0.6 is 11.8 Å². The van der Waals surface area contributed by atoms with Gasteiger partial charge in [-0.3, -0.25) is 24.2 Å². The number of fused-ring (bicyclic) bond motifs is 1. The van der Waals surface area contributed by atoms with E-state index < -0.39 is 71.4 Å². The summed E-state index contributed by atoms with van der Waals surface area (Å²) < 4.78 is 11.5. The van der Waals surface area contributed by atoms with E-state index in [9.17, 15) is 29.1 Å². The maximum absolute atomic E-state index is 14.3. The predicted octanol–water partition coefficient (Wildman–Crippen LogP) is 5.13. The van der Waals surface area contributed by atoms with Crippen LogP contribution in [0.5, 0.6) is 5.75 Å². The summed E-state index contributed by atoms with van der Waals surface area (Å²) in [5.41, 5.74) is 0.726. The number of benzene rings is 1. The molecule has 2 aliphatic heterocycles. The van der Waals surface area contributed by atoms with Gasteiger partial charge in [0.2, 0.25) is 23.6 Å². The van der Waals surface area contributed by atoms with Crippen molar-refractivity contribution in [1.82, 2.24) is 20.0 Å². The number of cyclic esters (lactones) is 1. The van der Waals surface area contributed by atoms with Gasteiger partial charge in [0.15, 0.2) is 0 Å². The number of aliphatic hydroxyl groups is 1. The molecular weight excluding hydrogens is 759 g/mol. The van der Waals surface area contributed by atoms with Gasteiger partial charge in [-0.25, -0.2) is 4.79 Å². The number of esters is 1. The van der Waals surface area contributed by atoms with Crippen LogP contribution in [-0.4, -0.2) is 131 Å². The molecule has 58 heavy (non-hydrogen) atoms. The lowest BCUT2D eigenvalue weighted by Gasteiger charge is -2.39. The van der Waals surface area contributed by atoms with Crippen molar-refractivity contribution >= 4 is 46.4 Å². The fraction of sp³-hybridized carbons (Fsp3) is 0.682. The van der Waals surface area contributed by atoms with Crippen molar-refractivity contribution in [3.63, 3.8) is 0 Å². The number of carbonyl (C=O) groups is 5. The molecule has 0 aliphatic carbocycles. The van der Waals surface area contributed by atoms with E-state index in [1.165, 1.54) is 28.8 Å². The second-order valence-electron chi connectivity index (χ2n) is 17.5. The van der Waals surface area contributed by atoms with Crippen LogP contribution in [-0.2, 0) is 35.1 Å². The van der Waals surface area contributed by atoms with Crippen molar-refractivity contribution < 1.29 is 38.6 Å². The number of aliphatic imine (C=N–C) groups is 1. The second-order valence-corrected chi connectivity index (χ2v) is 18.6. The molecular formula is C44H69N5O8S. The smallest absolute Gasteiger partial charge is 0.328 e. The van der Waals surface area contributed by atoms with Crippen molar-refractivity contribution in [2.75, 3.05) is 34.0 Å². The Morgan fingerprint density at radius 2 is 1.53 bits per heavy atom. The summed E-state index contributed by atoms with van der Waals surface area (Å²) in [4.78, 5) is 79.3. The monoisotopic (exact) mass is 827 g/mol. The third-order valence-electron chi connectivity index (χ3n) is 11.9. The fourth-order valence-electron chi connectivity index (χ4n) is 7.24. The van der Waals surface area contributed by atoms with Crippen molar-refractivity contribution in [3.05, 3.63) is 41.5 Å². The van der Waals surface area contributed by atoms with E-state index in [0.29, 0.717) is 36.3 Å². The number of carbonyl (C=O) groups excluding carboxylic acids is 5. The molecule has 2 heterocycles. The van der Waals surface area contributed by atoms with Crippen molar-refractivity contribution in [2.45, 2.75) is 137 Å². The summed E-state index contributed by atoms with van der Waals surface area (Å²) in [6, 6.07) is 2.92. The first-order valence-electron chi connectivity index (χ1n) is 20.5. The number of rotatable bonds is 5. The highest BCUT2D eigenvalue weighted by atomic mass is 32.2. The normalized spacial score (nSPS) is 31.1. The molecule has 2 N–H and O–H groups in total. The first-order valence-corrected chi connectivity index (χ1v) is 21.5. The number of amides is 4. The minimum atomic E-state index is -1.04. The first kappa shape index (κ1) is 48.5. The Hall–Kier alpha value is -3.91. The zero-order valence-electron chi connectivity index (χ0n) is 37.2. The van der Waals surface area contributed by atoms with Crippen molar-refractivity contribution in [2.24, 2.45) is 28.2 Å². The van der Waals surface area contributed by atoms with Crippen molar-refractivity contribution in [1.29, 1.82) is 0 Å². The number of nitrogens with one attached hydrogen (secondary N) is 1. The van der Waals surface area contributed by atoms with E-state index in [2.05, 4.69) is 5.32 Å². The van der Waals surface area contributed by atoms with E-state index in [1.54, 1.807) is 64.9 Å². The number of ether oxygens (including phenoxy) is 2. The number of hydrogen-bond acceptors (Lipinski definition) is 10. The maximum Gasteiger partial charge on any atom is 0.328 e. The molecule has 0 fully saturated rings. The summed E-state index contributed by atoms with van der Waals surface area (Å²) in [5, 5.41) is 15.1. The van der Waals surface area contributed by atoms with Crippen LogP contribution in [0, 0.1) is 23.2 Å². The Morgan fingerprint density at radius 3 is 2.10 bits per heavy atom. The second kappa shape index (κ2) is 20.9. The molecule has 1 aromatic rings. The maximum atomic E-state index is 14.3. The molecule has 324 valence electrons. The average Bonchev–Trinajstić information content (AvgIpc) is 3.65. The van der Waals surface area contributed by atoms with Crippen LogP contribution in [0.25, 0.3) is 0 Å². The van der Waals surface area contributed by atoms with E-state index in [-0.39, 0.29) is 30.2 Å². The highest BCUT2D eigenvalue weighted by Crippen LogP contribution is 2.33. The lowest BCUT2D eigenvalue weighted by molar-refractivity contribution is -0.166. The minimum Gasteiger partial charge on any atom is -0.497 e. The van der Waals surface area contributed by atoms with Gasteiger partial charge >= 0.3 is 5.97 Å². The predicted molar refractivity (Wildman–Crippen MR) is 229 cm³/mol. The number of thioether (sulfide) groups is 1. The summed E-state index contributed by atoms with van der Waals surface area (Å²) >= 11 is 1.55. The Morgan fingerprint density at radius 1 is 0.931 bits per heavy atom. The van der Waals surface area contributed by atoms with Crippen LogP contribution < -0.4 is 10.1 Å². The van der Waals surface area contributed by atoms with Crippen molar-refractivity contribution in [3.8, 4) is 5.75 Å². The van der Waals surface area contributed by atoms with E-state index in [1.807, 2.05) is 60.6 Å². The Labute approximate surface area is 350 Å². The highest BCUT2D eigenvalue weighted by Gasteiger charge is 2.41. The van der Waals surface area contributed by atoms with Gasteiger partial charge in [0.25, 0.3) is 0 Å². The summed E-state index contributed by atoms with van der Waals surface area (Å²) in [6.07, 6.45) is 2.23. The lowest BCUT2D eigenvalue weighted by atomic mass is 9.81. The highest BCUT2D eigenvalue weighted by molar-refractivity contribution is 8.14. The number of methoxy groups -OCH3 is 1. The molecule has 0 aromatic heterocycles. The molecule has 1 aromatic carbocycles. The standard InChI is InChI=1S/C44H69N5O8S/c1-15-26(3)37-42(54)48(12)30(7)43(55)57-36(44(8,9)10)21-25(2)20-35(50)28(5)39-45-32(24-58-39)22-27(4)38(51)46-34(23-31-16-18-33(56-14)19-17-31)41(53)47(11)29(6)40(52)49(37)13/h16-19,22,25-26,28-30,32,34-37,50H,15,20-21,23-24H2,1-14H3,(H,46,51)/b27-22+/t25-,26-,28-,29-,30-,32?,34-,35-,36-,37-/m0/s1. The van der Waals surface area contributed by atoms with Gasteiger partial charge in [0.05, 0.1) is 24.3 Å². The largest absolute Gasteiger partial charge is 0.497 e. The molecule has 1 unspecified atom stereocenters. The topological polar surface area (TPSA) is 158 Å². The average molecular weight is 828 g/mol. The molecule has 0 radical (unpaired) electrons. The van der Waals surface area contributed by atoms with Crippen LogP contribution in [0.1, 0.15) is 94.1 Å². The molecule has 10 atom stereocenters. The summed E-state index contributed by atoms with van der Waals surface area (Å²) in [7, 11) is 6.16. The summed E-state index contributed by atoms with van der Waals surface area (Å²) in [6.45, 7) is 18.7. The molecule has 13 nitrogen and oxygen atoms in total. The van der Waals surface area contributed by atoms with E-state index in [4.69, 9.17) is 14.5 Å². The van der Waals surface area contributed by atoms with Gasteiger partial charge in [-0.15, -0.1) is 11.8 Å². The quantitative estimate of drug-likeness (QED) is 0.384. The number of likely N-dealkylation sites (N-methyl/N-ethyl adjacent to an activating group) is 3. The molecule has 2 bridgehead atoms. The van der Waals surface area contributed by atoms with Crippen LogP contribution in [0.4, 0.5) is 0 Å². The van der Waals surface area contributed by atoms with Gasteiger partial charge in [-0.05, 0) is 68.6 Å². The first-order chi connectivity index (χ1) is 27.0. The van der Waals surface area contributed by atoms with Crippen LogP contribution in [0.3, 0.4) is 0 Å². The zero-order chi connectivity index (χ0) is 43.8. The third-order valence-corrected chi connectivity index (χ3v) is 13.2. The number of nitrogens with zero attached hydrogens (tertiary/aromatic N) is 4. The SMILES string of the molecule is CC[C@H](C)[C@H]1C(=O)N(C)[C@@H](C)C(=O)O[C@H](C(C)(C)C)C[C@@H](C)C[C@H](O)[C@H](C)C2=NC(/C=C(\C)C(=O)N[C@@H](Cc3ccc(OC)cc3)C(=O)N(C)[C@@H](C)C(=O)N1C)CS2.